The lowest BCUT2D eigenvalue weighted by Gasteiger charge is -2.29. The Morgan fingerprint density at radius 2 is 2.04 bits per heavy atom. The summed E-state index contributed by atoms with van der Waals surface area (Å²) in [5.41, 5.74) is 2.22. The molecular formula is C21H37N2OP. The SMILES string of the molecule is C=CC(=C)C1CC(C2CCCC(C(C)CCN(P)CC)CCC2)=NO1. The van der Waals surface area contributed by atoms with Gasteiger partial charge in [-0.2, -0.15) is 0 Å². The average molecular weight is 365 g/mol. The summed E-state index contributed by atoms with van der Waals surface area (Å²) in [4.78, 5) is 5.58. The smallest absolute Gasteiger partial charge is 0.157 e. The van der Waals surface area contributed by atoms with Gasteiger partial charge in [-0.25, -0.2) is 0 Å². The van der Waals surface area contributed by atoms with Crippen LogP contribution in [0.4, 0.5) is 0 Å². The van der Waals surface area contributed by atoms with Gasteiger partial charge in [-0.1, -0.05) is 73.3 Å². The third-order valence-electron chi connectivity index (χ3n) is 6.18. The number of nitrogens with zero attached hydrogens (tertiary/aromatic N) is 2. The molecule has 1 fully saturated rings. The van der Waals surface area contributed by atoms with Gasteiger partial charge in [-0.05, 0) is 43.2 Å². The van der Waals surface area contributed by atoms with E-state index in [1.807, 2.05) is 0 Å². The molecule has 0 aromatic rings. The van der Waals surface area contributed by atoms with Crippen molar-refractivity contribution in [2.24, 2.45) is 22.9 Å². The first-order valence-electron chi connectivity index (χ1n) is 10.1. The summed E-state index contributed by atoms with van der Waals surface area (Å²) in [5, 5.41) is 4.39. The second-order valence-electron chi connectivity index (χ2n) is 7.87. The van der Waals surface area contributed by atoms with Gasteiger partial charge in [0.1, 0.15) is 0 Å². The van der Waals surface area contributed by atoms with E-state index in [0.717, 1.165) is 30.4 Å². The van der Waals surface area contributed by atoms with Crippen molar-refractivity contribution in [2.75, 3.05) is 13.1 Å². The van der Waals surface area contributed by atoms with Crippen molar-refractivity contribution >= 4 is 15.1 Å². The topological polar surface area (TPSA) is 24.8 Å². The molecule has 1 saturated carbocycles. The Morgan fingerprint density at radius 3 is 2.64 bits per heavy atom. The highest BCUT2D eigenvalue weighted by Gasteiger charge is 2.29. The predicted molar refractivity (Wildman–Crippen MR) is 112 cm³/mol. The lowest BCUT2D eigenvalue weighted by molar-refractivity contribution is 0.114. The quantitative estimate of drug-likeness (QED) is 0.414. The van der Waals surface area contributed by atoms with Crippen LogP contribution in [0.25, 0.3) is 0 Å². The Hall–Kier alpha value is -0.660. The molecular weight excluding hydrogens is 327 g/mol. The predicted octanol–water partition coefficient (Wildman–Crippen LogP) is 5.60. The van der Waals surface area contributed by atoms with Crippen LogP contribution in [0.15, 0.2) is 30.0 Å². The molecule has 25 heavy (non-hydrogen) atoms. The Balaban J connectivity index is 1.77. The summed E-state index contributed by atoms with van der Waals surface area (Å²) in [6.45, 7) is 14.8. The first-order valence-corrected chi connectivity index (χ1v) is 10.6. The molecule has 0 bridgehead atoms. The van der Waals surface area contributed by atoms with E-state index in [1.165, 1.54) is 57.2 Å². The zero-order chi connectivity index (χ0) is 18.2. The van der Waals surface area contributed by atoms with Crippen LogP contribution < -0.4 is 0 Å². The molecule has 2 rings (SSSR count). The van der Waals surface area contributed by atoms with Crippen LogP contribution in [-0.2, 0) is 4.84 Å². The maximum absolute atomic E-state index is 5.58. The van der Waals surface area contributed by atoms with E-state index < -0.39 is 0 Å². The van der Waals surface area contributed by atoms with Gasteiger partial charge in [0.05, 0.1) is 5.71 Å². The van der Waals surface area contributed by atoms with Crippen LogP contribution in [0.1, 0.15) is 65.2 Å². The molecule has 142 valence electrons. The Labute approximate surface area is 157 Å². The standard InChI is InChI=1S/C21H37N2OP/c1-5-16(3)21-15-20(22-24-21)19-11-7-9-18(10-8-12-19)17(4)13-14-23(25)6-2/h5,17-19,21H,1,3,6-15,25H2,2,4H3. The monoisotopic (exact) mass is 364 g/mol. The minimum atomic E-state index is 0.0270. The van der Waals surface area contributed by atoms with E-state index in [4.69, 9.17) is 4.84 Å². The van der Waals surface area contributed by atoms with Gasteiger partial charge in [-0.15, -0.1) is 0 Å². The molecule has 0 spiro atoms. The minimum Gasteiger partial charge on any atom is -0.387 e. The molecule has 1 heterocycles. The maximum atomic E-state index is 5.58. The molecule has 3 unspecified atom stereocenters. The molecule has 0 aromatic carbocycles. The summed E-state index contributed by atoms with van der Waals surface area (Å²) >= 11 is 0. The van der Waals surface area contributed by atoms with Crippen molar-refractivity contribution in [3.8, 4) is 0 Å². The summed E-state index contributed by atoms with van der Waals surface area (Å²) in [6.07, 6.45) is 12.0. The Bertz CT molecular complexity index is 467. The molecule has 1 aliphatic carbocycles. The molecule has 4 heteroatoms. The van der Waals surface area contributed by atoms with E-state index >= 15 is 0 Å². The van der Waals surface area contributed by atoms with Gasteiger partial charge in [0, 0.05) is 18.9 Å². The van der Waals surface area contributed by atoms with Gasteiger partial charge in [0.25, 0.3) is 0 Å². The van der Waals surface area contributed by atoms with Crippen molar-refractivity contribution in [2.45, 2.75) is 71.3 Å². The third-order valence-corrected chi connectivity index (χ3v) is 6.80. The maximum Gasteiger partial charge on any atom is 0.157 e. The second kappa shape index (κ2) is 10.5. The van der Waals surface area contributed by atoms with Crippen LogP contribution in [-0.4, -0.2) is 29.6 Å². The van der Waals surface area contributed by atoms with Gasteiger partial charge in [-0.3, -0.25) is 4.67 Å². The molecule has 0 N–H and O–H groups in total. The summed E-state index contributed by atoms with van der Waals surface area (Å²) in [5.74, 6) is 2.34. The van der Waals surface area contributed by atoms with Crippen LogP contribution in [0.5, 0.6) is 0 Å². The van der Waals surface area contributed by atoms with Gasteiger partial charge in [0.15, 0.2) is 6.10 Å². The highest BCUT2D eigenvalue weighted by Crippen LogP contribution is 2.34. The van der Waals surface area contributed by atoms with Crippen molar-refractivity contribution in [1.29, 1.82) is 0 Å². The third kappa shape index (κ3) is 6.22. The number of oxime groups is 1. The number of hydrogen-bond acceptors (Lipinski definition) is 3. The fourth-order valence-electron chi connectivity index (χ4n) is 4.17. The highest BCUT2D eigenvalue weighted by molar-refractivity contribution is 7.13. The summed E-state index contributed by atoms with van der Waals surface area (Å²) < 4.78 is 2.35. The number of hydrogen-bond donors (Lipinski definition) is 0. The first-order chi connectivity index (χ1) is 12.0. The Morgan fingerprint density at radius 1 is 1.36 bits per heavy atom. The van der Waals surface area contributed by atoms with Crippen LogP contribution >= 0.6 is 9.39 Å². The van der Waals surface area contributed by atoms with Gasteiger partial charge < -0.3 is 4.84 Å². The van der Waals surface area contributed by atoms with Crippen molar-refractivity contribution in [3.05, 3.63) is 24.8 Å². The van der Waals surface area contributed by atoms with E-state index in [0.29, 0.717) is 5.92 Å². The second-order valence-corrected chi connectivity index (χ2v) is 8.60. The largest absolute Gasteiger partial charge is 0.387 e. The highest BCUT2D eigenvalue weighted by atomic mass is 31.0. The average Bonchev–Trinajstić information content (AvgIpc) is 3.08. The van der Waals surface area contributed by atoms with Crippen LogP contribution in [0.3, 0.4) is 0 Å². The molecule has 3 atom stereocenters. The van der Waals surface area contributed by atoms with Gasteiger partial charge in [0.2, 0.25) is 0 Å². The van der Waals surface area contributed by atoms with Crippen molar-refractivity contribution < 1.29 is 4.84 Å². The molecule has 2 aliphatic rings. The van der Waals surface area contributed by atoms with Crippen LogP contribution in [0, 0.1) is 17.8 Å². The van der Waals surface area contributed by atoms with E-state index in [9.17, 15) is 0 Å². The fraction of sp³-hybridized carbons (Fsp3) is 0.762. The molecule has 1 aliphatic heterocycles. The minimum absolute atomic E-state index is 0.0270. The van der Waals surface area contributed by atoms with Crippen LogP contribution in [0.2, 0.25) is 0 Å². The zero-order valence-corrected chi connectivity index (χ0v) is 17.4. The zero-order valence-electron chi connectivity index (χ0n) is 16.3. The molecule has 3 nitrogen and oxygen atoms in total. The van der Waals surface area contributed by atoms with E-state index in [2.05, 4.69) is 46.2 Å². The summed E-state index contributed by atoms with van der Waals surface area (Å²) in [6, 6.07) is 0. The fourth-order valence-corrected chi connectivity index (χ4v) is 4.32. The lowest BCUT2D eigenvalue weighted by Crippen LogP contribution is -2.23. The normalized spacial score (nSPS) is 28.6. The van der Waals surface area contributed by atoms with Crippen molar-refractivity contribution in [3.63, 3.8) is 0 Å². The summed E-state index contributed by atoms with van der Waals surface area (Å²) in [7, 11) is 2.85. The molecule has 0 saturated heterocycles. The van der Waals surface area contributed by atoms with Crippen molar-refractivity contribution in [1.82, 2.24) is 4.67 Å². The van der Waals surface area contributed by atoms with E-state index in [1.54, 1.807) is 6.08 Å². The van der Waals surface area contributed by atoms with Gasteiger partial charge >= 0.3 is 0 Å². The van der Waals surface area contributed by atoms with E-state index in [-0.39, 0.29) is 6.10 Å². The first kappa shape index (κ1) is 20.6. The number of rotatable bonds is 8. The lowest BCUT2D eigenvalue weighted by atomic mass is 9.77. The molecule has 0 radical (unpaired) electrons. The molecule has 0 aromatic heterocycles. The molecule has 0 amide bonds. The Kier molecular flexibility index (Phi) is 8.66.